The number of hydrogen-bond donors (Lipinski definition) is 8. The summed E-state index contributed by atoms with van der Waals surface area (Å²) < 4.78 is 11.2. The highest BCUT2D eigenvalue weighted by atomic mass is 16.7. The van der Waals surface area contributed by atoms with Crippen LogP contribution in [0.1, 0.15) is 367 Å². The molecule has 528 valence electrons. The lowest BCUT2D eigenvalue weighted by Crippen LogP contribution is -2.60. The molecule has 1 saturated heterocycles. The van der Waals surface area contributed by atoms with Gasteiger partial charge >= 0.3 is 0 Å². The van der Waals surface area contributed by atoms with E-state index in [2.05, 4.69) is 79.9 Å². The second kappa shape index (κ2) is 66.8. The Balaban J connectivity index is 2.18. The van der Waals surface area contributed by atoms with Gasteiger partial charge in [-0.1, -0.05) is 331 Å². The number of nitrogens with one attached hydrogen (secondary N) is 1. The lowest BCUT2D eigenvalue weighted by atomic mass is 9.98. The Bertz CT molecular complexity index is 1650. The number of ether oxygens (including phenoxy) is 2. The normalized spacial score (nSPS) is 18.8. The van der Waals surface area contributed by atoms with Crippen molar-refractivity contribution in [2.24, 2.45) is 0 Å². The van der Waals surface area contributed by atoms with Gasteiger partial charge in [0.25, 0.3) is 0 Å². The molecule has 0 bridgehead atoms. The van der Waals surface area contributed by atoms with Crippen molar-refractivity contribution < 1.29 is 50.0 Å². The second-order valence-electron chi connectivity index (χ2n) is 27.0. The molecule has 0 radical (unpaired) electrons. The SMILES string of the molecule is CCCCCCCCCCCCCCC/C=C\C/C=C\CCCCCCCCCCCCCCCCCCC(O)C(=O)NC(COC1OC(CO)C(O)C(O)C1O)C(O)C(O)CCC/C=C/CC/C=C/CC/C=C/CCCCCCCCCCCCCCCC. The number of aliphatic hydroxyl groups excluding tert-OH is 7. The van der Waals surface area contributed by atoms with E-state index in [-0.39, 0.29) is 12.8 Å². The lowest BCUT2D eigenvalue weighted by Gasteiger charge is -2.40. The molecule has 0 saturated carbocycles. The zero-order valence-corrected chi connectivity index (χ0v) is 58.6. The number of carbonyl (C=O) groups is 1. The van der Waals surface area contributed by atoms with Crippen LogP contribution >= 0.6 is 0 Å². The van der Waals surface area contributed by atoms with Gasteiger partial charge in [-0.25, -0.2) is 0 Å². The summed E-state index contributed by atoms with van der Waals surface area (Å²) in [5.74, 6) is -0.709. The summed E-state index contributed by atoms with van der Waals surface area (Å²) >= 11 is 0. The molecule has 1 aliphatic heterocycles. The fourth-order valence-corrected chi connectivity index (χ4v) is 12.3. The van der Waals surface area contributed by atoms with Gasteiger partial charge in [-0.3, -0.25) is 4.79 Å². The predicted molar refractivity (Wildman–Crippen MR) is 381 cm³/mol. The molecule has 9 unspecified atom stereocenters. The lowest BCUT2D eigenvalue weighted by molar-refractivity contribution is -0.303. The first-order chi connectivity index (χ1) is 44.2. The van der Waals surface area contributed by atoms with Crippen molar-refractivity contribution in [2.75, 3.05) is 13.2 Å². The van der Waals surface area contributed by atoms with Crippen LogP contribution in [0.25, 0.3) is 0 Å². The van der Waals surface area contributed by atoms with E-state index in [1.165, 1.54) is 270 Å². The van der Waals surface area contributed by atoms with Crippen molar-refractivity contribution in [3.63, 3.8) is 0 Å². The van der Waals surface area contributed by atoms with Crippen LogP contribution in [0.4, 0.5) is 0 Å². The Morgan fingerprint density at radius 2 is 0.700 bits per heavy atom. The molecule has 9 atom stereocenters. The molecule has 1 rings (SSSR count). The van der Waals surface area contributed by atoms with E-state index >= 15 is 0 Å². The van der Waals surface area contributed by atoms with Crippen LogP contribution in [-0.2, 0) is 14.3 Å². The smallest absolute Gasteiger partial charge is 0.249 e. The first-order valence-corrected chi connectivity index (χ1v) is 38.7. The number of amides is 1. The summed E-state index contributed by atoms with van der Waals surface area (Å²) in [6.07, 6.45) is 79.0. The van der Waals surface area contributed by atoms with E-state index in [0.29, 0.717) is 19.3 Å². The quantitative estimate of drug-likeness (QED) is 0.0215. The van der Waals surface area contributed by atoms with Crippen LogP contribution in [0, 0.1) is 0 Å². The zero-order valence-electron chi connectivity index (χ0n) is 58.6. The standard InChI is InChI=1S/C79H147NO10/c1-3-5-7-9-11-13-15-17-19-21-23-25-27-29-31-32-33-34-35-36-37-38-39-41-43-45-47-49-51-53-55-57-59-61-63-65-67-72(83)78(88)80-70(69-89-79-77(87)76(86)75(85)73(68-81)90-79)74(84)71(82)66-64-62-60-58-56-54-52-50-48-46-44-42-40-30-28-26-24-22-20-18-16-14-12-10-8-6-4-2/h31-32,34-35,42,44,50,52,58,60,70-77,79,81-87H,3-30,33,36-41,43,45-49,51,53-57,59,61-69H2,1-2H3,(H,80,88)/b32-31-,35-34-,44-42+,52-50+,60-58+. The molecular formula is C79H147NO10. The zero-order chi connectivity index (χ0) is 65.3. The predicted octanol–water partition coefficient (Wildman–Crippen LogP) is 19.6. The number of carbonyl (C=O) groups excluding carboxylic acids is 1. The van der Waals surface area contributed by atoms with Gasteiger partial charge in [0.2, 0.25) is 5.91 Å². The van der Waals surface area contributed by atoms with E-state index in [1.807, 2.05) is 0 Å². The molecule has 1 amide bonds. The molecule has 0 aliphatic carbocycles. The Labute approximate surface area is 554 Å². The van der Waals surface area contributed by atoms with Gasteiger partial charge in [-0.2, -0.15) is 0 Å². The van der Waals surface area contributed by atoms with Crippen LogP contribution in [0.5, 0.6) is 0 Å². The minimum Gasteiger partial charge on any atom is -0.394 e. The number of rotatable bonds is 68. The third-order valence-electron chi connectivity index (χ3n) is 18.5. The molecule has 1 aliphatic rings. The van der Waals surface area contributed by atoms with Crippen molar-refractivity contribution in [2.45, 2.75) is 422 Å². The van der Waals surface area contributed by atoms with Crippen molar-refractivity contribution >= 4 is 5.91 Å². The molecular weight excluding hydrogens is 1120 g/mol. The maximum absolute atomic E-state index is 13.3. The van der Waals surface area contributed by atoms with E-state index in [1.54, 1.807) is 0 Å². The Hall–Kier alpha value is -2.19. The third kappa shape index (κ3) is 53.1. The second-order valence-corrected chi connectivity index (χ2v) is 27.0. The Morgan fingerprint density at radius 1 is 0.389 bits per heavy atom. The van der Waals surface area contributed by atoms with Gasteiger partial charge in [-0.05, 0) is 96.3 Å². The average Bonchev–Trinajstić information content (AvgIpc) is 1.44. The van der Waals surface area contributed by atoms with Crippen molar-refractivity contribution in [3.8, 4) is 0 Å². The maximum Gasteiger partial charge on any atom is 0.249 e. The molecule has 8 N–H and O–H groups in total. The Morgan fingerprint density at radius 3 is 1.06 bits per heavy atom. The fraction of sp³-hybridized carbons (Fsp3) is 0.861. The minimum absolute atomic E-state index is 0.241. The number of allylic oxidation sites excluding steroid dienone is 10. The number of aliphatic hydroxyl groups is 7. The first-order valence-electron chi connectivity index (χ1n) is 38.7. The molecule has 0 aromatic heterocycles. The molecule has 1 fully saturated rings. The average molecular weight is 1270 g/mol. The number of hydrogen-bond acceptors (Lipinski definition) is 10. The van der Waals surface area contributed by atoms with E-state index < -0.39 is 74.2 Å². The first kappa shape index (κ1) is 85.8. The van der Waals surface area contributed by atoms with Gasteiger partial charge < -0.3 is 50.5 Å². The van der Waals surface area contributed by atoms with E-state index in [9.17, 15) is 40.5 Å². The molecule has 90 heavy (non-hydrogen) atoms. The van der Waals surface area contributed by atoms with Crippen molar-refractivity contribution in [3.05, 3.63) is 60.8 Å². The Kier molecular flexibility index (Phi) is 63.7. The van der Waals surface area contributed by atoms with Gasteiger partial charge in [0.15, 0.2) is 6.29 Å². The molecule has 0 spiro atoms. The summed E-state index contributed by atoms with van der Waals surface area (Å²) in [6, 6.07) is -1.20. The summed E-state index contributed by atoms with van der Waals surface area (Å²) in [5, 5.41) is 76.6. The van der Waals surface area contributed by atoms with Crippen molar-refractivity contribution in [1.29, 1.82) is 0 Å². The largest absolute Gasteiger partial charge is 0.394 e. The monoisotopic (exact) mass is 1270 g/mol. The highest BCUT2D eigenvalue weighted by molar-refractivity contribution is 5.80. The third-order valence-corrected chi connectivity index (χ3v) is 18.5. The van der Waals surface area contributed by atoms with Crippen LogP contribution < -0.4 is 5.32 Å². The molecule has 11 heteroatoms. The van der Waals surface area contributed by atoms with Crippen molar-refractivity contribution in [1.82, 2.24) is 5.32 Å². The van der Waals surface area contributed by atoms with Crippen LogP contribution in [-0.4, -0.2) is 110 Å². The molecule has 11 nitrogen and oxygen atoms in total. The van der Waals surface area contributed by atoms with Gasteiger partial charge in [0.1, 0.15) is 36.6 Å². The highest BCUT2D eigenvalue weighted by Crippen LogP contribution is 2.24. The van der Waals surface area contributed by atoms with Crippen LogP contribution in [0.3, 0.4) is 0 Å². The fourth-order valence-electron chi connectivity index (χ4n) is 12.3. The minimum atomic E-state index is -1.68. The molecule has 0 aromatic rings. The van der Waals surface area contributed by atoms with Crippen LogP contribution in [0.15, 0.2) is 60.8 Å². The molecule has 1 heterocycles. The summed E-state index contributed by atoms with van der Waals surface area (Å²) in [6.45, 7) is 3.49. The topological polar surface area (TPSA) is 189 Å². The van der Waals surface area contributed by atoms with Gasteiger partial charge in [0, 0.05) is 0 Å². The summed E-state index contributed by atoms with van der Waals surface area (Å²) in [4.78, 5) is 13.3. The molecule has 0 aromatic carbocycles. The van der Waals surface area contributed by atoms with Crippen LogP contribution in [0.2, 0.25) is 0 Å². The van der Waals surface area contributed by atoms with E-state index in [4.69, 9.17) is 9.47 Å². The maximum atomic E-state index is 13.3. The summed E-state index contributed by atoms with van der Waals surface area (Å²) in [5.41, 5.74) is 0. The number of unbranched alkanes of at least 4 members (excludes halogenated alkanes) is 46. The van der Waals surface area contributed by atoms with E-state index in [0.717, 1.165) is 51.4 Å². The van der Waals surface area contributed by atoms with Gasteiger partial charge in [-0.15, -0.1) is 0 Å². The highest BCUT2D eigenvalue weighted by Gasteiger charge is 2.44. The summed E-state index contributed by atoms with van der Waals surface area (Å²) in [7, 11) is 0. The van der Waals surface area contributed by atoms with Gasteiger partial charge in [0.05, 0.1) is 25.4 Å².